The molecule has 2 fully saturated rings. The molecule has 2 aliphatic carbocycles. The van der Waals surface area contributed by atoms with Crippen molar-refractivity contribution in [2.24, 2.45) is 16.9 Å². The standard InChI is InChI=1S/C14H18N2O2S/c1-10-2-6-13(7-3-10)19(17,18)16-15-14-9-11-4-5-12(14)8-11/h2-3,6-7,11-12,16H,4-5,8-9H2,1H3/b15-14-/t11-,12+/m0/s1. The SMILES string of the molecule is Cc1ccc(S(=O)(=O)N/N=C2/C[C@H]3CC[C@@H]2C3)cc1. The van der Waals surface area contributed by atoms with Crippen molar-refractivity contribution in [2.45, 2.75) is 37.5 Å². The van der Waals surface area contributed by atoms with Gasteiger partial charge < -0.3 is 0 Å². The van der Waals surface area contributed by atoms with Crippen LogP contribution in [0.5, 0.6) is 0 Å². The molecule has 2 bridgehead atoms. The molecule has 0 heterocycles. The topological polar surface area (TPSA) is 58.5 Å². The molecule has 19 heavy (non-hydrogen) atoms. The Hall–Kier alpha value is -1.36. The first-order valence-electron chi connectivity index (χ1n) is 6.69. The molecule has 0 saturated heterocycles. The zero-order chi connectivity index (χ0) is 13.5. The fraction of sp³-hybridized carbons (Fsp3) is 0.500. The molecule has 0 radical (unpaired) electrons. The summed E-state index contributed by atoms with van der Waals surface area (Å²) in [5, 5.41) is 4.16. The molecular formula is C14H18N2O2S. The maximum Gasteiger partial charge on any atom is 0.276 e. The molecule has 1 N–H and O–H groups in total. The number of hydrogen-bond acceptors (Lipinski definition) is 3. The van der Waals surface area contributed by atoms with Crippen LogP contribution in [0.4, 0.5) is 0 Å². The van der Waals surface area contributed by atoms with Crippen molar-refractivity contribution in [1.29, 1.82) is 0 Å². The average Bonchev–Trinajstić information content (AvgIpc) is 2.99. The van der Waals surface area contributed by atoms with Crippen molar-refractivity contribution in [2.75, 3.05) is 0 Å². The van der Waals surface area contributed by atoms with E-state index in [1.54, 1.807) is 24.3 Å². The lowest BCUT2D eigenvalue weighted by molar-refractivity contribution is 0.579. The van der Waals surface area contributed by atoms with Crippen LogP contribution in [-0.2, 0) is 10.0 Å². The van der Waals surface area contributed by atoms with E-state index in [1.165, 1.54) is 12.8 Å². The fourth-order valence-electron chi connectivity index (χ4n) is 3.05. The maximum atomic E-state index is 12.1. The van der Waals surface area contributed by atoms with Crippen molar-refractivity contribution in [3.8, 4) is 0 Å². The van der Waals surface area contributed by atoms with Gasteiger partial charge in [0, 0.05) is 5.71 Å². The monoisotopic (exact) mass is 278 g/mol. The van der Waals surface area contributed by atoms with Gasteiger partial charge in [-0.15, -0.1) is 0 Å². The minimum absolute atomic E-state index is 0.269. The molecular weight excluding hydrogens is 260 g/mol. The van der Waals surface area contributed by atoms with Crippen LogP contribution in [0.1, 0.15) is 31.2 Å². The predicted molar refractivity (Wildman–Crippen MR) is 74.4 cm³/mol. The summed E-state index contributed by atoms with van der Waals surface area (Å²) in [6.07, 6.45) is 4.58. The fourth-order valence-corrected chi connectivity index (χ4v) is 3.89. The Morgan fingerprint density at radius 3 is 2.53 bits per heavy atom. The van der Waals surface area contributed by atoms with Gasteiger partial charge in [0.25, 0.3) is 10.0 Å². The second-order valence-corrected chi connectivity index (χ2v) is 7.25. The number of benzene rings is 1. The van der Waals surface area contributed by atoms with Gasteiger partial charge in [-0.05, 0) is 56.6 Å². The molecule has 0 aromatic heterocycles. The smallest absolute Gasteiger partial charge is 0.200 e. The molecule has 1 aromatic rings. The third-order valence-electron chi connectivity index (χ3n) is 4.15. The lowest BCUT2D eigenvalue weighted by atomic mass is 9.99. The van der Waals surface area contributed by atoms with Gasteiger partial charge in [0.15, 0.2) is 0 Å². The first kappa shape index (κ1) is 12.7. The molecule has 1 aromatic carbocycles. The van der Waals surface area contributed by atoms with Crippen LogP contribution in [0.15, 0.2) is 34.3 Å². The predicted octanol–water partition coefficient (Wildman–Crippen LogP) is 2.45. The highest BCUT2D eigenvalue weighted by molar-refractivity contribution is 7.89. The quantitative estimate of drug-likeness (QED) is 0.863. The molecule has 0 amide bonds. The number of hydrogen-bond donors (Lipinski definition) is 1. The van der Waals surface area contributed by atoms with E-state index < -0.39 is 10.0 Å². The maximum absolute atomic E-state index is 12.1. The minimum Gasteiger partial charge on any atom is -0.200 e. The number of nitrogens with one attached hydrogen (secondary N) is 1. The third kappa shape index (κ3) is 2.52. The zero-order valence-corrected chi connectivity index (χ0v) is 11.8. The van der Waals surface area contributed by atoms with Crippen molar-refractivity contribution < 1.29 is 8.42 Å². The molecule has 3 rings (SSSR count). The summed E-state index contributed by atoms with van der Waals surface area (Å²) in [4.78, 5) is 2.65. The van der Waals surface area contributed by atoms with Crippen LogP contribution in [0.3, 0.4) is 0 Å². The normalized spacial score (nSPS) is 27.9. The van der Waals surface area contributed by atoms with E-state index in [2.05, 4.69) is 9.93 Å². The van der Waals surface area contributed by atoms with Crippen molar-refractivity contribution in [3.63, 3.8) is 0 Å². The molecule has 0 spiro atoms. The summed E-state index contributed by atoms with van der Waals surface area (Å²) in [6.45, 7) is 1.93. The molecule has 2 saturated carbocycles. The summed E-state index contributed by atoms with van der Waals surface area (Å²) < 4.78 is 24.2. The van der Waals surface area contributed by atoms with Crippen LogP contribution in [0.25, 0.3) is 0 Å². The van der Waals surface area contributed by atoms with E-state index in [1.807, 2.05) is 6.92 Å². The van der Waals surface area contributed by atoms with E-state index in [0.29, 0.717) is 5.92 Å². The van der Waals surface area contributed by atoms with Gasteiger partial charge in [-0.2, -0.15) is 13.5 Å². The zero-order valence-electron chi connectivity index (χ0n) is 11.0. The van der Waals surface area contributed by atoms with Gasteiger partial charge in [0.2, 0.25) is 0 Å². The van der Waals surface area contributed by atoms with Gasteiger partial charge in [0.1, 0.15) is 0 Å². The number of hydrazone groups is 1. The molecule has 5 heteroatoms. The largest absolute Gasteiger partial charge is 0.276 e. The summed E-state index contributed by atoms with van der Waals surface area (Å²) in [7, 11) is -3.52. The molecule has 4 nitrogen and oxygen atoms in total. The molecule has 2 aliphatic rings. The van der Waals surface area contributed by atoms with E-state index in [-0.39, 0.29) is 4.90 Å². The van der Waals surface area contributed by atoms with Crippen LogP contribution in [0, 0.1) is 18.8 Å². The van der Waals surface area contributed by atoms with Crippen molar-refractivity contribution in [1.82, 2.24) is 4.83 Å². The number of aryl methyl sites for hydroxylation is 1. The highest BCUT2D eigenvalue weighted by atomic mass is 32.2. The Morgan fingerprint density at radius 2 is 1.95 bits per heavy atom. The van der Waals surface area contributed by atoms with E-state index in [9.17, 15) is 8.42 Å². The van der Waals surface area contributed by atoms with Gasteiger partial charge >= 0.3 is 0 Å². The van der Waals surface area contributed by atoms with Crippen LogP contribution in [-0.4, -0.2) is 14.1 Å². The Morgan fingerprint density at radius 1 is 1.21 bits per heavy atom. The Kier molecular flexibility index (Phi) is 3.09. The Labute approximate surface area is 114 Å². The van der Waals surface area contributed by atoms with Gasteiger partial charge in [0.05, 0.1) is 4.90 Å². The van der Waals surface area contributed by atoms with Crippen molar-refractivity contribution >= 4 is 15.7 Å². The lowest BCUT2D eigenvalue weighted by Crippen LogP contribution is -2.22. The number of sulfonamides is 1. The second kappa shape index (κ2) is 4.63. The highest BCUT2D eigenvalue weighted by Gasteiger charge is 2.36. The summed E-state index contributed by atoms with van der Waals surface area (Å²) >= 11 is 0. The summed E-state index contributed by atoms with van der Waals surface area (Å²) in [5.41, 5.74) is 2.07. The average molecular weight is 278 g/mol. The second-order valence-electron chi connectivity index (χ2n) is 5.59. The number of rotatable bonds is 3. The van der Waals surface area contributed by atoms with E-state index >= 15 is 0 Å². The van der Waals surface area contributed by atoms with Gasteiger partial charge in [-0.25, -0.2) is 4.83 Å². The Bertz CT molecular complexity index is 605. The first-order chi connectivity index (χ1) is 9.04. The first-order valence-corrected chi connectivity index (χ1v) is 8.18. The van der Waals surface area contributed by atoms with E-state index in [4.69, 9.17) is 0 Å². The van der Waals surface area contributed by atoms with Gasteiger partial charge in [-0.3, -0.25) is 0 Å². The number of fused-ring (bicyclic) bond motifs is 2. The molecule has 2 atom stereocenters. The summed E-state index contributed by atoms with van der Waals surface area (Å²) in [5.74, 6) is 1.23. The van der Waals surface area contributed by atoms with Gasteiger partial charge in [-0.1, -0.05) is 17.7 Å². The molecule has 0 aliphatic heterocycles. The highest BCUT2D eigenvalue weighted by Crippen LogP contribution is 2.42. The number of nitrogens with zero attached hydrogens (tertiary/aromatic N) is 1. The van der Waals surface area contributed by atoms with Crippen LogP contribution < -0.4 is 4.83 Å². The molecule has 0 unspecified atom stereocenters. The lowest BCUT2D eigenvalue weighted by Gasteiger charge is -2.12. The van der Waals surface area contributed by atoms with E-state index in [0.717, 1.165) is 30.0 Å². The third-order valence-corrected chi connectivity index (χ3v) is 5.38. The van der Waals surface area contributed by atoms with Crippen LogP contribution >= 0.6 is 0 Å². The Balaban J connectivity index is 1.75. The van der Waals surface area contributed by atoms with Crippen molar-refractivity contribution in [3.05, 3.63) is 29.8 Å². The summed E-state index contributed by atoms with van der Waals surface area (Å²) in [6, 6.07) is 6.80. The van der Waals surface area contributed by atoms with Crippen LogP contribution in [0.2, 0.25) is 0 Å². The minimum atomic E-state index is -3.52. The molecule has 102 valence electrons.